The van der Waals surface area contributed by atoms with E-state index in [1.807, 2.05) is 0 Å². The number of hydrogen-bond donors (Lipinski definition) is 1. The largest absolute Gasteiger partial charge is 0.500 e. The minimum atomic E-state index is -2.44. The highest BCUT2D eigenvalue weighted by molar-refractivity contribution is 6.60. The van der Waals surface area contributed by atoms with Crippen LogP contribution in [0.3, 0.4) is 0 Å². The van der Waals surface area contributed by atoms with Crippen LogP contribution in [0.15, 0.2) is 0 Å². The number of halogens is 1. The molecule has 2 N–H and O–H groups in total. The van der Waals surface area contributed by atoms with E-state index in [2.05, 4.69) is 13.8 Å². The molecule has 2 atom stereocenters. The Balaban J connectivity index is 0. The molecule has 6 heteroatoms. The summed E-state index contributed by atoms with van der Waals surface area (Å²) in [6, 6.07) is 1.29. The van der Waals surface area contributed by atoms with Gasteiger partial charge >= 0.3 is 8.80 Å². The molecule has 0 heterocycles. The summed E-state index contributed by atoms with van der Waals surface area (Å²) in [5, 5.41) is 0. The summed E-state index contributed by atoms with van der Waals surface area (Å²) in [5.74, 6) is 0.776. The average molecular weight is 510 g/mol. The molecule has 0 aromatic rings. The summed E-state index contributed by atoms with van der Waals surface area (Å²) < 4.78 is 16.8. The van der Waals surface area contributed by atoms with Crippen molar-refractivity contribution in [2.75, 3.05) is 21.3 Å². The maximum Gasteiger partial charge on any atom is 0.500 e. The van der Waals surface area contributed by atoms with E-state index in [1.165, 1.54) is 116 Å². The maximum absolute atomic E-state index is 6.51. The molecule has 0 aliphatic carbocycles. The summed E-state index contributed by atoms with van der Waals surface area (Å²) in [7, 11) is 2.71. The summed E-state index contributed by atoms with van der Waals surface area (Å²) in [6.07, 6.45) is 25.2. The highest BCUT2D eigenvalue weighted by Gasteiger charge is 2.37. The van der Waals surface area contributed by atoms with Gasteiger partial charge in [0, 0.05) is 33.4 Å². The minimum absolute atomic E-state index is 0. The molecule has 0 saturated carbocycles. The van der Waals surface area contributed by atoms with Gasteiger partial charge in [-0.3, -0.25) is 0 Å². The van der Waals surface area contributed by atoms with Crippen molar-refractivity contribution < 1.29 is 13.3 Å². The standard InChI is InChI=1S/C27H59NO3Si.ClH/c1-6-8-10-12-13-14-16-18-22-27(28)24-23-26(20-17-15-11-9-7-2)21-19-25-32(29-3,30-4)31-5;/h26-27H,6-25,28H2,1-5H3;1H. The lowest BCUT2D eigenvalue weighted by molar-refractivity contribution is 0.122. The van der Waals surface area contributed by atoms with E-state index in [-0.39, 0.29) is 12.4 Å². The van der Waals surface area contributed by atoms with E-state index in [1.54, 1.807) is 21.3 Å². The second-order valence-electron chi connectivity index (χ2n) is 9.86. The zero-order valence-electron chi connectivity index (χ0n) is 23.0. The predicted molar refractivity (Wildman–Crippen MR) is 149 cm³/mol. The molecule has 0 fully saturated rings. The molecule has 33 heavy (non-hydrogen) atoms. The summed E-state index contributed by atoms with van der Waals surface area (Å²) in [6.45, 7) is 4.57. The van der Waals surface area contributed by atoms with Gasteiger partial charge in [0.25, 0.3) is 0 Å². The monoisotopic (exact) mass is 509 g/mol. The van der Waals surface area contributed by atoms with Gasteiger partial charge in [0.1, 0.15) is 0 Å². The van der Waals surface area contributed by atoms with Crippen molar-refractivity contribution in [2.45, 2.75) is 148 Å². The van der Waals surface area contributed by atoms with Gasteiger partial charge < -0.3 is 19.0 Å². The lowest BCUT2D eigenvalue weighted by Gasteiger charge is -2.25. The lowest BCUT2D eigenvalue weighted by atomic mass is 9.89. The third kappa shape index (κ3) is 20.3. The summed E-state index contributed by atoms with van der Waals surface area (Å²) >= 11 is 0. The number of unbranched alkanes of at least 4 members (excludes halogenated alkanes) is 11. The van der Waals surface area contributed by atoms with Crippen molar-refractivity contribution in [3.8, 4) is 0 Å². The van der Waals surface area contributed by atoms with Crippen LogP contribution in [0, 0.1) is 5.92 Å². The van der Waals surface area contributed by atoms with Crippen LogP contribution < -0.4 is 5.73 Å². The van der Waals surface area contributed by atoms with E-state index >= 15 is 0 Å². The average Bonchev–Trinajstić information content (AvgIpc) is 2.81. The Hall–Kier alpha value is 0.347. The van der Waals surface area contributed by atoms with Gasteiger partial charge in [-0.2, -0.15) is 0 Å². The Morgan fingerprint density at radius 3 is 1.45 bits per heavy atom. The van der Waals surface area contributed by atoms with Crippen molar-refractivity contribution in [3.63, 3.8) is 0 Å². The molecule has 0 spiro atoms. The van der Waals surface area contributed by atoms with Gasteiger partial charge in [-0.05, 0) is 31.6 Å². The highest BCUT2D eigenvalue weighted by Crippen LogP contribution is 2.26. The van der Waals surface area contributed by atoms with Gasteiger partial charge in [-0.25, -0.2) is 0 Å². The van der Waals surface area contributed by atoms with Crippen molar-refractivity contribution in [1.29, 1.82) is 0 Å². The SMILES string of the molecule is CCCCCCCCCCC(N)CCC(CCCCCCC)CCC[Si](OC)(OC)OC.Cl. The van der Waals surface area contributed by atoms with Gasteiger partial charge in [-0.15, -0.1) is 12.4 Å². The minimum Gasteiger partial charge on any atom is -0.377 e. The molecule has 0 bridgehead atoms. The first-order chi connectivity index (χ1) is 15.6. The Morgan fingerprint density at radius 1 is 0.545 bits per heavy atom. The highest BCUT2D eigenvalue weighted by atomic mass is 35.5. The first-order valence-electron chi connectivity index (χ1n) is 14.0. The summed E-state index contributed by atoms with van der Waals surface area (Å²) in [5.41, 5.74) is 6.51. The van der Waals surface area contributed by atoms with Gasteiger partial charge in [-0.1, -0.05) is 110 Å². The quantitative estimate of drug-likeness (QED) is 0.0986. The zero-order valence-corrected chi connectivity index (χ0v) is 24.8. The molecule has 0 rings (SSSR count). The molecular weight excluding hydrogens is 450 g/mol. The lowest BCUT2D eigenvalue weighted by Crippen LogP contribution is -2.42. The second-order valence-corrected chi connectivity index (χ2v) is 12.9. The Labute approximate surface area is 215 Å². The molecule has 0 aromatic carbocycles. The first kappa shape index (κ1) is 35.5. The Morgan fingerprint density at radius 2 is 0.970 bits per heavy atom. The Bertz CT molecular complexity index is 378. The molecule has 0 aliphatic rings. The van der Waals surface area contributed by atoms with Crippen LogP contribution in [0.1, 0.15) is 136 Å². The van der Waals surface area contributed by atoms with Crippen LogP contribution in [0.2, 0.25) is 6.04 Å². The molecule has 202 valence electrons. The van der Waals surface area contributed by atoms with Crippen LogP contribution in [-0.4, -0.2) is 36.2 Å². The number of rotatable bonds is 25. The molecule has 0 aliphatic heterocycles. The predicted octanol–water partition coefficient (Wildman–Crippen LogP) is 8.68. The van der Waals surface area contributed by atoms with Gasteiger partial charge in [0.05, 0.1) is 0 Å². The zero-order chi connectivity index (χ0) is 23.9. The normalized spacial score (nSPS) is 13.6. The van der Waals surface area contributed by atoms with Crippen LogP contribution in [0.4, 0.5) is 0 Å². The van der Waals surface area contributed by atoms with E-state index in [9.17, 15) is 0 Å². The van der Waals surface area contributed by atoms with Crippen molar-refractivity contribution in [3.05, 3.63) is 0 Å². The first-order valence-corrected chi connectivity index (χ1v) is 15.9. The summed E-state index contributed by atoms with van der Waals surface area (Å²) in [4.78, 5) is 0. The topological polar surface area (TPSA) is 53.7 Å². The fourth-order valence-electron chi connectivity index (χ4n) is 4.77. The number of nitrogens with two attached hydrogens (primary N) is 1. The van der Waals surface area contributed by atoms with E-state index in [4.69, 9.17) is 19.0 Å². The fraction of sp³-hybridized carbons (Fsp3) is 1.00. The second kappa shape index (κ2) is 25.4. The Kier molecular flexibility index (Phi) is 27.4. The maximum atomic E-state index is 6.51. The molecule has 0 radical (unpaired) electrons. The molecule has 0 aromatic heterocycles. The third-order valence-corrected chi connectivity index (χ3v) is 9.95. The van der Waals surface area contributed by atoms with E-state index in [0.717, 1.165) is 18.4 Å². The van der Waals surface area contributed by atoms with Gasteiger partial charge in [0.15, 0.2) is 0 Å². The van der Waals surface area contributed by atoms with Crippen LogP contribution in [0.5, 0.6) is 0 Å². The molecular formula is C27H60ClNO3Si. The van der Waals surface area contributed by atoms with E-state index < -0.39 is 8.80 Å². The van der Waals surface area contributed by atoms with Crippen molar-refractivity contribution in [1.82, 2.24) is 0 Å². The molecule has 2 unspecified atom stereocenters. The van der Waals surface area contributed by atoms with Gasteiger partial charge in [0.2, 0.25) is 0 Å². The van der Waals surface area contributed by atoms with Crippen LogP contribution in [0.25, 0.3) is 0 Å². The van der Waals surface area contributed by atoms with Crippen molar-refractivity contribution in [2.24, 2.45) is 11.7 Å². The molecule has 4 nitrogen and oxygen atoms in total. The molecule has 0 amide bonds. The van der Waals surface area contributed by atoms with E-state index in [0.29, 0.717) is 6.04 Å². The van der Waals surface area contributed by atoms with Crippen molar-refractivity contribution >= 4 is 21.2 Å². The fourth-order valence-corrected chi connectivity index (χ4v) is 6.52. The van der Waals surface area contributed by atoms with Crippen LogP contribution in [-0.2, 0) is 13.3 Å². The van der Waals surface area contributed by atoms with Crippen LogP contribution >= 0.6 is 12.4 Å². The third-order valence-electron chi connectivity index (χ3n) is 7.12. The molecule has 0 saturated heterocycles. The smallest absolute Gasteiger partial charge is 0.377 e. The number of hydrogen-bond acceptors (Lipinski definition) is 4.